The van der Waals surface area contributed by atoms with Crippen molar-refractivity contribution in [3.63, 3.8) is 0 Å². The van der Waals surface area contributed by atoms with Crippen LogP contribution in [0.1, 0.15) is 57.2 Å². The molecular formula is C17H23N. The first-order valence-corrected chi connectivity index (χ1v) is 6.71. The molecule has 1 aliphatic rings. The minimum Gasteiger partial charge on any atom is -0.320 e. The predicted octanol–water partition coefficient (Wildman–Crippen LogP) is 3.35. The lowest BCUT2D eigenvalue weighted by Gasteiger charge is -2.41. The van der Waals surface area contributed by atoms with E-state index >= 15 is 0 Å². The van der Waals surface area contributed by atoms with Crippen LogP contribution in [0.25, 0.3) is 0 Å². The second-order valence-corrected chi connectivity index (χ2v) is 6.53. The second kappa shape index (κ2) is 4.44. The molecule has 2 N–H and O–H groups in total. The molecule has 0 aliphatic heterocycles. The van der Waals surface area contributed by atoms with E-state index in [0.29, 0.717) is 6.54 Å². The van der Waals surface area contributed by atoms with Crippen LogP contribution in [0.5, 0.6) is 0 Å². The third kappa shape index (κ3) is 2.31. The summed E-state index contributed by atoms with van der Waals surface area (Å²) in [6.45, 7) is 9.77. The van der Waals surface area contributed by atoms with E-state index in [-0.39, 0.29) is 10.8 Å². The summed E-state index contributed by atoms with van der Waals surface area (Å²) in [5.74, 6) is 6.08. The van der Waals surface area contributed by atoms with E-state index in [1.54, 1.807) is 0 Å². The number of benzene rings is 1. The van der Waals surface area contributed by atoms with Gasteiger partial charge < -0.3 is 5.73 Å². The molecule has 2 rings (SSSR count). The van der Waals surface area contributed by atoms with E-state index in [1.807, 2.05) is 0 Å². The zero-order chi connectivity index (χ0) is 13.4. The molecule has 0 atom stereocenters. The SMILES string of the molecule is CC1(C)CCC(C)(C)c2cc(C#CCN)ccc21. The van der Waals surface area contributed by atoms with Crippen LogP contribution >= 0.6 is 0 Å². The summed E-state index contributed by atoms with van der Waals surface area (Å²) in [6.07, 6.45) is 2.49. The van der Waals surface area contributed by atoms with Gasteiger partial charge in [0, 0.05) is 5.56 Å². The van der Waals surface area contributed by atoms with Gasteiger partial charge in [-0.3, -0.25) is 0 Å². The molecule has 18 heavy (non-hydrogen) atoms. The molecule has 1 aromatic carbocycles. The van der Waals surface area contributed by atoms with E-state index in [9.17, 15) is 0 Å². The maximum Gasteiger partial charge on any atom is 0.0555 e. The summed E-state index contributed by atoms with van der Waals surface area (Å²) >= 11 is 0. The minimum atomic E-state index is 0.255. The largest absolute Gasteiger partial charge is 0.320 e. The van der Waals surface area contributed by atoms with Crippen molar-refractivity contribution in [3.05, 3.63) is 34.9 Å². The molecule has 96 valence electrons. The van der Waals surface area contributed by atoms with E-state index in [1.165, 1.54) is 24.0 Å². The maximum absolute atomic E-state index is 5.44. The summed E-state index contributed by atoms with van der Waals surface area (Å²) in [7, 11) is 0. The van der Waals surface area contributed by atoms with Gasteiger partial charge in [-0.15, -0.1) is 0 Å². The van der Waals surface area contributed by atoms with Crippen molar-refractivity contribution in [2.24, 2.45) is 5.73 Å². The number of hydrogen-bond acceptors (Lipinski definition) is 1. The van der Waals surface area contributed by atoms with Crippen molar-refractivity contribution in [1.29, 1.82) is 0 Å². The Hall–Kier alpha value is -1.26. The van der Waals surface area contributed by atoms with Crippen molar-refractivity contribution < 1.29 is 0 Å². The first kappa shape index (κ1) is 13.2. The third-order valence-corrected chi connectivity index (χ3v) is 4.19. The molecule has 0 radical (unpaired) electrons. The molecular weight excluding hydrogens is 218 g/mol. The normalized spacial score (nSPS) is 19.6. The fraction of sp³-hybridized carbons (Fsp3) is 0.529. The van der Waals surface area contributed by atoms with E-state index in [4.69, 9.17) is 5.73 Å². The highest BCUT2D eigenvalue weighted by Gasteiger charge is 2.36. The molecule has 0 amide bonds. The van der Waals surface area contributed by atoms with Gasteiger partial charge >= 0.3 is 0 Å². The van der Waals surface area contributed by atoms with E-state index < -0.39 is 0 Å². The molecule has 1 aliphatic carbocycles. The highest BCUT2D eigenvalue weighted by molar-refractivity contribution is 5.48. The van der Waals surface area contributed by atoms with Gasteiger partial charge in [-0.25, -0.2) is 0 Å². The Morgan fingerprint density at radius 1 is 1.06 bits per heavy atom. The number of nitrogens with two attached hydrogens (primary N) is 1. The summed E-state index contributed by atoms with van der Waals surface area (Å²) in [4.78, 5) is 0. The van der Waals surface area contributed by atoms with Crippen molar-refractivity contribution in [2.75, 3.05) is 6.54 Å². The summed E-state index contributed by atoms with van der Waals surface area (Å²) in [5.41, 5.74) is 10.0. The first-order valence-electron chi connectivity index (χ1n) is 6.71. The Morgan fingerprint density at radius 2 is 1.67 bits per heavy atom. The van der Waals surface area contributed by atoms with Crippen LogP contribution in [0.4, 0.5) is 0 Å². The van der Waals surface area contributed by atoms with Crippen molar-refractivity contribution in [1.82, 2.24) is 0 Å². The molecule has 0 unspecified atom stereocenters. The molecule has 0 saturated carbocycles. The fourth-order valence-corrected chi connectivity index (χ4v) is 2.82. The number of rotatable bonds is 0. The van der Waals surface area contributed by atoms with Crippen LogP contribution in [0.15, 0.2) is 18.2 Å². The fourth-order valence-electron chi connectivity index (χ4n) is 2.82. The first-order chi connectivity index (χ1) is 8.37. The van der Waals surface area contributed by atoms with Crippen LogP contribution in [0.2, 0.25) is 0 Å². The van der Waals surface area contributed by atoms with E-state index in [2.05, 4.69) is 57.7 Å². The van der Waals surface area contributed by atoms with Gasteiger partial charge in [0.15, 0.2) is 0 Å². The number of fused-ring (bicyclic) bond motifs is 1. The Morgan fingerprint density at radius 3 is 2.28 bits per heavy atom. The topological polar surface area (TPSA) is 26.0 Å². The summed E-state index contributed by atoms with van der Waals surface area (Å²) < 4.78 is 0. The van der Waals surface area contributed by atoms with Gasteiger partial charge in [0.1, 0.15) is 0 Å². The molecule has 0 fully saturated rings. The molecule has 0 heterocycles. The smallest absolute Gasteiger partial charge is 0.0555 e. The Bertz CT molecular complexity index is 512. The molecule has 0 saturated heterocycles. The van der Waals surface area contributed by atoms with Crippen LogP contribution in [0.3, 0.4) is 0 Å². The summed E-state index contributed by atoms with van der Waals surface area (Å²) in [5, 5.41) is 0. The molecule has 0 bridgehead atoms. The zero-order valence-electron chi connectivity index (χ0n) is 11.9. The molecule has 1 aromatic rings. The maximum atomic E-state index is 5.44. The van der Waals surface area contributed by atoms with Gasteiger partial charge in [0.25, 0.3) is 0 Å². The third-order valence-electron chi connectivity index (χ3n) is 4.19. The lowest BCUT2D eigenvalue weighted by Crippen LogP contribution is -2.33. The van der Waals surface area contributed by atoms with Crippen molar-refractivity contribution in [2.45, 2.75) is 51.4 Å². The van der Waals surface area contributed by atoms with Gasteiger partial charge in [-0.1, -0.05) is 45.6 Å². The van der Waals surface area contributed by atoms with Gasteiger partial charge in [-0.05, 0) is 46.9 Å². The molecule has 1 heteroatoms. The van der Waals surface area contributed by atoms with Gasteiger partial charge in [-0.2, -0.15) is 0 Å². The Labute approximate surface area is 111 Å². The highest BCUT2D eigenvalue weighted by atomic mass is 14.5. The quantitative estimate of drug-likeness (QED) is 0.693. The minimum absolute atomic E-state index is 0.255. The number of hydrogen-bond donors (Lipinski definition) is 1. The van der Waals surface area contributed by atoms with Crippen molar-refractivity contribution >= 4 is 0 Å². The lowest BCUT2D eigenvalue weighted by atomic mass is 9.63. The monoisotopic (exact) mass is 241 g/mol. The van der Waals surface area contributed by atoms with Crippen molar-refractivity contribution in [3.8, 4) is 11.8 Å². The Balaban J connectivity index is 2.55. The van der Waals surface area contributed by atoms with Gasteiger partial charge in [0.05, 0.1) is 6.54 Å². The lowest BCUT2D eigenvalue weighted by molar-refractivity contribution is 0.332. The van der Waals surface area contributed by atoms with Crippen LogP contribution in [-0.4, -0.2) is 6.54 Å². The zero-order valence-corrected chi connectivity index (χ0v) is 11.9. The Kier molecular flexibility index (Phi) is 3.25. The molecule has 0 spiro atoms. The predicted molar refractivity (Wildman–Crippen MR) is 77.7 cm³/mol. The molecule has 1 nitrogen and oxygen atoms in total. The second-order valence-electron chi connectivity index (χ2n) is 6.53. The molecule has 0 aromatic heterocycles. The van der Waals surface area contributed by atoms with Crippen LogP contribution in [0, 0.1) is 11.8 Å². The van der Waals surface area contributed by atoms with Crippen LogP contribution in [-0.2, 0) is 10.8 Å². The van der Waals surface area contributed by atoms with Crippen LogP contribution < -0.4 is 5.73 Å². The average molecular weight is 241 g/mol. The average Bonchev–Trinajstić information content (AvgIpc) is 2.32. The summed E-state index contributed by atoms with van der Waals surface area (Å²) in [6, 6.07) is 6.65. The standard InChI is InChI=1S/C17H23N/c1-16(2)9-10-17(3,4)15-12-13(6-5-11-18)7-8-14(15)16/h7-8,12H,9-11,18H2,1-4H3. The van der Waals surface area contributed by atoms with E-state index in [0.717, 1.165) is 5.56 Å². The van der Waals surface area contributed by atoms with Gasteiger partial charge in [0.2, 0.25) is 0 Å². The highest BCUT2D eigenvalue weighted by Crippen LogP contribution is 2.45.